The predicted molar refractivity (Wildman–Crippen MR) is 58.8 cm³/mol. The van der Waals surface area contributed by atoms with Gasteiger partial charge in [-0.15, -0.1) is 0 Å². The van der Waals surface area contributed by atoms with Crippen molar-refractivity contribution < 1.29 is 4.74 Å². The highest BCUT2D eigenvalue weighted by molar-refractivity contribution is 5.61. The van der Waals surface area contributed by atoms with E-state index in [-0.39, 0.29) is 0 Å². The first kappa shape index (κ1) is 9.39. The number of benzene rings is 1. The Labute approximate surface area is 87.3 Å². The quantitative estimate of drug-likeness (QED) is 0.711. The second-order valence-corrected chi connectivity index (χ2v) is 3.12. The lowest BCUT2D eigenvalue weighted by molar-refractivity contribution is 0.415. The fraction of sp³-hybridized carbons (Fsp3) is 0.100. The van der Waals surface area contributed by atoms with E-state index in [2.05, 4.69) is 4.98 Å². The van der Waals surface area contributed by atoms with Crippen molar-refractivity contribution in [1.29, 1.82) is 0 Å². The van der Waals surface area contributed by atoms with Gasteiger partial charge in [0.15, 0.2) is 0 Å². The molecule has 5 heteroatoms. The van der Waals surface area contributed by atoms with Gasteiger partial charge in [0.2, 0.25) is 5.95 Å². The Morgan fingerprint density at radius 2 is 1.93 bits per heavy atom. The molecule has 15 heavy (non-hydrogen) atoms. The second kappa shape index (κ2) is 3.53. The molecule has 1 aromatic heterocycles. The van der Waals surface area contributed by atoms with Crippen LogP contribution >= 0.6 is 0 Å². The van der Waals surface area contributed by atoms with Crippen LogP contribution in [0.25, 0.3) is 11.3 Å². The minimum atomic E-state index is 0.292. The minimum absolute atomic E-state index is 0.292. The summed E-state index contributed by atoms with van der Waals surface area (Å²) in [6.07, 6.45) is 1.68. The summed E-state index contributed by atoms with van der Waals surface area (Å²) in [7, 11) is 1.63. The predicted octanol–water partition coefficient (Wildman–Crippen LogP) is 0.855. The topological polar surface area (TPSA) is 79.1 Å². The molecular weight excluding hydrogens is 192 g/mol. The molecule has 2 aromatic rings. The summed E-state index contributed by atoms with van der Waals surface area (Å²) < 4.78 is 6.35. The van der Waals surface area contributed by atoms with E-state index in [0.29, 0.717) is 5.95 Å². The first-order valence-corrected chi connectivity index (χ1v) is 4.45. The number of nitrogen functional groups attached to an aromatic ring is 2. The Morgan fingerprint density at radius 3 is 2.40 bits per heavy atom. The highest BCUT2D eigenvalue weighted by Crippen LogP contribution is 2.21. The average Bonchev–Trinajstić information content (AvgIpc) is 2.59. The molecule has 0 radical (unpaired) electrons. The maximum atomic E-state index is 5.54. The molecular formula is C10H12N4O. The number of aromatic nitrogens is 2. The second-order valence-electron chi connectivity index (χ2n) is 3.12. The molecule has 0 aliphatic heterocycles. The van der Waals surface area contributed by atoms with Crippen LogP contribution in [0.15, 0.2) is 30.5 Å². The number of hydrogen-bond donors (Lipinski definition) is 2. The first-order chi connectivity index (χ1) is 7.20. The van der Waals surface area contributed by atoms with Gasteiger partial charge in [-0.3, -0.25) is 0 Å². The maximum absolute atomic E-state index is 5.54. The van der Waals surface area contributed by atoms with Gasteiger partial charge in [0.05, 0.1) is 19.0 Å². The van der Waals surface area contributed by atoms with Gasteiger partial charge >= 0.3 is 0 Å². The van der Waals surface area contributed by atoms with Crippen LogP contribution in [0.4, 0.5) is 5.95 Å². The summed E-state index contributed by atoms with van der Waals surface area (Å²) in [4.78, 5) is 4.11. The van der Waals surface area contributed by atoms with Crippen molar-refractivity contribution in [3.63, 3.8) is 0 Å². The fourth-order valence-electron chi connectivity index (χ4n) is 1.31. The van der Waals surface area contributed by atoms with Crippen LogP contribution in [0.5, 0.6) is 5.75 Å². The molecule has 0 aliphatic carbocycles. The Kier molecular flexibility index (Phi) is 2.21. The number of rotatable bonds is 2. The molecule has 5 nitrogen and oxygen atoms in total. The lowest BCUT2D eigenvalue weighted by Crippen LogP contribution is -2.09. The number of nitrogens with zero attached hydrogens (tertiary/aromatic N) is 2. The van der Waals surface area contributed by atoms with Crippen molar-refractivity contribution in [3.05, 3.63) is 30.5 Å². The lowest BCUT2D eigenvalue weighted by atomic mass is 10.2. The monoisotopic (exact) mass is 204 g/mol. The Morgan fingerprint density at radius 1 is 1.27 bits per heavy atom. The highest BCUT2D eigenvalue weighted by atomic mass is 16.5. The van der Waals surface area contributed by atoms with Crippen molar-refractivity contribution in [2.24, 2.45) is 0 Å². The zero-order valence-corrected chi connectivity index (χ0v) is 8.34. The van der Waals surface area contributed by atoms with Crippen LogP contribution in [0, 0.1) is 0 Å². The molecule has 78 valence electrons. The molecule has 0 spiro atoms. The number of hydrogen-bond acceptors (Lipinski definition) is 4. The zero-order valence-electron chi connectivity index (χ0n) is 8.34. The van der Waals surface area contributed by atoms with Crippen LogP contribution in [0.2, 0.25) is 0 Å². The van der Waals surface area contributed by atoms with Gasteiger partial charge in [-0.25, -0.2) is 9.66 Å². The molecule has 2 rings (SSSR count). The van der Waals surface area contributed by atoms with Crippen LogP contribution in [0.3, 0.4) is 0 Å². The van der Waals surface area contributed by atoms with E-state index in [1.165, 1.54) is 4.68 Å². The summed E-state index contributed by atoms with van der Waals surface area (Å²) in [5, 5.41) is 0. The molecule has 0 saturated carbocycles. The molecule has 0 atom stereocenters. The smallest absolute Gasteiger partial charge is 0.219 e. The molecule has 1 heterocycles. The zero-order chi connectivity index (χ0) is 10.8. The van der Waals surface area contributed by atoms with E-state index < -0.39 is 0 Å². The largest absolute Gasteiger partial charge is 0.497 e. The number of anilines is 1. The molecule has 4 N–H and O–H groups in total. The molecule has 1 aromatic carbocycles. The molecule has 0 amide bonds. The minimum Gasteiger partial charge on any atom is -0.497 e. The normalized spacial score (nSPS) is 10.2. The SMILES string of the molecule is COc1ccc(-c2cn(N)c(N)n2)cc1. The summed E-state index contributed by atoms with van der Waals surface area (Å²) >= 11 is 0. The lowest BCUT2D eigenvalue weighted by Gasteiger charge is -1.99. The third-order valence-corrected chi connectivity index (χ3v) is 2.15. The van der Waals surface area contributed by atoms with Crippen molar-refractivity contribution >= 4 is 5.95 Å². The number of methoxy groups -OCH3 is 1. The molecule has 0 saturated heterocycles. The number of imidazole rings is 1. The van der Waals surface area contributed by atoms with E-state index in [0.717, 1.165) is 17.0 Å². The van der Waals surface area contributed by atoms with Gasteiger partial charge in [-0.2, -0.15) is 0 Å². The molecule has 0 aliphatic rings. The Bertz CT molecular complexity index is 441. The summed E-state index contributed by atoms with van der Waals surface area (Å²) in [5.74, 6) is 6.64. The van der Waals surface area contributed by atoms with Crippen LogP contribution < -0.4 is 16.3 Å². The first-order valence-electron chi connectivity index (χ1n) is 4.45. The van der Waals surface area contributed by atoms with Gasteiger partial charge < -0.3 is 16.3 Å². The summed E-state index contributed by atoms with van der Waals surface area (Å²) in [5.41, 5.74) is 7.23. The average molecular weight is 204 g/mol. The molecule has 0 unspecified atom stereocenters. The van der Waals surface area contributed by atoms with Crippen LogP contribution in [0.1, 0.15) is 0 Å². The third kappa shape index (κ3) is 1.71. The van der Waals surface area contributed by atoms with Crippen LogP contribution in [-0.2, 0) is 0 Å². The van der Waals surface area contributed by atoms with E-state index in [4.69, 9.17) is 16.3 Å². The van der Waals surface area contributed by atoms with E-state index in [1.54, 1.807) is 13.3 Å². The third-order valence-electron chi connectivity index (χ3n) is 2.15. The number of nitrogens with two attached hydrogens (primary N) is 2. The van der Waals surface area contributed by atoms with Gasteiger partial charge in [0.1, 0.15) is 5.75 Å². The van der Waals surface area contributed by atoms with Crippen molar-refractivity contribution in [3.8, 4) is 17.0 Å². The van der Waals surface area contributed by atoms with Gasteiger partial charge in [-0.05, 0) is 24.3 Å². The molecule has 0 bridgehead atoms. The van der Waals surface area contributed by atoms with E-state index >= 15 is 0 Å². The van der Waals surface area contributed by atoms with Crippen molar-refractivity contribution in [1.82, 2.24) is 9.66 Å². The summed E-state index contributed by atoms with van der Waals surface area (Å²) in [6.45, 7) is 0. The summed E-state index contributed by atoms with van der Waals surface area (Å²) in [6, 6.07) is 7.53. The van der Waals surface area contributed by atoms with Crippen molar-refractivity contribution in [2.75, 3.05) is 18.7 Å². The molecule has 0 fully saturated rings. The standard InChI is InChI=1S/C10H12N4O/c1-15-8-4-2-7(3-5-8)9-6-14(12)10(11)13-9/h2-6H,12H2,1H3,(H2,11,13). The Balaban J connectivity index is 2.37. The number of ether oxygens (including phenoxy) is 1. The van der Waals surface area contributed by atoms with E-state index in [1.807, 2.05) is 24.3 Å². The van der Waals surface area contributed by atoms with E-state index in [9.17, 15) is 0 Å². The van der Waals surface area contributed by atoms with Gasteiger partial charge in [-0.1, -0.05) is 0 Å². The maximum Gasteiger partial charge on any atom is 0.219 e. The van der Waals surface area contributed by atoms with Crippen molar-refractivity contribution in [2.45, 2.75) is 0 Å². The highest BCUT2D eigenvalue weighted by Gasteiger charge is 2.04. The Hall–Kier alpha value is -2.17. The fourth-order valence-corrected chi connectivity index (χ4v) is 1.31. The van der Waals surface area contributed by atoms with Gasteiger partial charge in [0, 0.05) is 5.56 Å². The van der Waals surface area contributed by atoms with Gasteiger partial charge in [0.25, 0.3) is 0 Å². The van der Waals surface area contributed by atoms with Crippen LogP contribution in [-0.4, -0.2) is 16.8 Å².